The fourth-order valence-electron chi connectivity index (χ4n) is 2.56. The van der Waals surface area contributed by atoms with Gasteiger partial charge in [-0.3, -0.25) is 19.5 Å². The normalized spacial score (nSPS) is 10.7. The number of hydrogen-bond donors (Lipinski definition) is 1. The summed E-state index contributed by atoms with van der Waals surface area (Å²) in [5.74, 6) is 0.252. The summed E-state index contributed by atoms with van der Waals surface area (Å²) in [7, 11) is 0. The largest absolute Gasteiger partial charge is 0.320 e. The van der Waals surface area contributed by atoms with Crippen molar-refractivity contribution in [2.24, 2.45) is 0 Å². The highest BCUT2D eigenvalue weighted by Crippen LogP contribution is 2.28. The second kappa shape index (κ2) is 8.41. The molecule has 0 radical (unpaired) electrons. The van der Waals surface area contributed by atoms with Crippen molar-refractivity contribution in [2.45, 2.75) is 19.0 Å². The van der Waals surface area contributed by atoms with Gasteiger partial charge in [-0.1, -0.05) is 41.6 Å². The molecule has 144 valence electrons. The molecule has 0 saturated heterocycles. The fourth-order valence-corrected chi connectivity index (χ4v) is 3.67. The minimum absolute atomic E-state index is 0.00760. The standard InChI is InChI=1S/C18H16ClN5O3S/c1-11-7-8-15(13(19)9-11)23-12(2)21-22-18(23)28-10-17(25)20-14-5-3-4-6-16(14)24(26)27/h3-9H,10H2,1-2H3,(H,20,25). The van der Waals surface area contributed by atoms with E-state index < -0.39 is 4.92 Å². The highest BCUT2D eigenvalue weighted by atomic mass is 35.5. The van der Waals surface area contributed by atoms with Crippen LogP contribution in [0.5, 0.6) is 0 Å². The van der Waals surface area contributed by atoms with E-state index in [9.17, 15) is 14.9 Å². The van der Waals surface area contributed by atoms with Crippen molar-refractivity contribution in [3.05, 3.63) is 69.0 Å². The lowest BCUT2D eigenvalue weighted by atomic mass is 10.2. The minimum atomic E-state index is -0.540. The van der Waals surface area contributed by atoms with Crippen molar-refractivity contribution in [3.63, 3.8) is 0 Å². The second-order valence-electron chi connectivity index (χ2n) is 5.93. The first-order chi connectivity index (χ1) is 13.4. The molecule has 0 fully saturated rings. The number of hydrogen-bond acceptors (Lipinski definition) is 6. The first kappa shape index (κ1) is 19.8. The van der Waals surface area contributed by atoms with Crippen LogP contribution >= 0.6 is 23.4 Å². The molecule has 28 heavy (non-hydrogen) atoms. The van der Waals surface area contributed by atoms with E-state index >= 15 is 0 Å². The van der Waals surface area contributed by atoms with Crippen LogP contribution in [-0.4, -0.2) is 31.3 Å². The average molecular weight is 418 g/mol. The molecule has 2 aromatic carbocycles. The average Bonchev–Trinajstić information content (AvgIpc) is 3.01. The van der Waals surface area contributed by atoms with Crippen molar-refractivity contribution in [1.82, 2.24) is 14.8 Å². The van der Waals surface area contributed by atoms with Crippen molar-refractivity contribution in [3.8, 4) is 5.69 Å². The SMILES string of the molecule is Cc1ccc(-n2c(C)nnc2SCC(=O)Nc2ccccc2[N+](=O)[O-])c(Cl)c1. The number of aryl methyl sites for hydroxylation is 2. The quantitative estimate of drug-likeness (QED) is 0.366. The Kier molecular flexibility index (Phi) is 5.96. The van der Waals surface area contributed by atoms with Crippen molar-refractivity contribution in [2.75, 3.05) is 11.1 Å². The van der Waals surface area contributed by atoms with Crippen LogP contribution < -0.4 is 5.32 Å². The van der Waals surface area contributed by atoms with Crippen LogP contribution in [-0.2, 0) is 4.79 Å². The van der Waals surface area contributed by atoms with Crippen LogP contribution in [0, 0.1) is 24.0 Å². The van der Waals surface area contributed by atoms with Crippen molar-refractivity contribution < 1.29 is 9.72 Å². The van der Waals surface area contributed by atoms with Gasteiger partial charge in [-0.05, 0) is 37.6 Å². The zero-order valence-electron chi connectivity index (χ0n) is 15.0. The molecular formula is C18H16ClN5O3S. The van der Waals surface area contributed by atoms with Gasteiger partial charge in [-0.2, -0.15) is 0 Å². The van der Waals surface area contributed by atoms with Crippen LogP contribution in [0.3, 0.4) is 0 Å². The van der Waals surface area contributed by atoms with Crippen molar-refractivity contribution >= 4 is 40.6 Å². The third kappa shape index (κ3) is 4.32. The molecule has 0 bridgehead atoms. The topological polar surface area (TPSA) is 103 Å². The number of thioether (sulfide) groups is 1. The molecule has 1 N–H and O–H groups in total. The third-order valence-electron chi connectivity index (χ3n) is 3.85. The van der Waals surface area contributed by atoms with Gasteiger partial charge in [0.05, 0.1) is 21.4 Å². The predicted octanol–water partition coefficient (Wildman–Crippen LogP) is 4.18. The van der Waals surface area contributed by atoms with Gasteiger partial charge in [0.2, 0.25) is 5.91 Å². The van der Waals surface area contributed by atoms with E-state index in [0.717, 1.165) is 11.3 Å². The number of anilines is 1. The number of benzene rings is 2. The van der Waals surface area contributed by atoms with Crippen LogP contribution in [0.15, 0.2) is 47.6 Å². The molecule has 3 aromatic rings. The Morgan fingerprint density at radius 1 is 1.25 bits per heavy atom. The van der Waals surface area contributed by atoms with Crippen molar-refractivity contribution in [1.29, 1.82) is 0 Å². The van der Waals surface area contributed by atoms with Gasteiger partial charge in [-0.25, -0.2) is 0 Å². The smallest absolute Gasteiger partial charge is 0.292 e. The van der Waals surface area contributed by atoms with E-state index in [1.165, 1.54) is 23.9 Å². The summed E-state index contributed by atoms with van der Waals surface area (Å²) < 4.78 is 1.77. The number of nitrogens with one attached hydrogen (secondary N) is 1. The molecule has 0 saturated carbocycles. The minimum Gasteiger partial charge on any atom is -0.320 e. The number of carbonyl (C=O) groups is 1. The molecule has 1 amide bonds. The number of aromatic nitrogens is 3. The van der Waals surface area contributed by atoms with E-state index in [1.807, 2.05) is 25.1 Å². The molecular weight excluding hydrogens is 402 g/mol. The number of nitro groups is 1. The highest BCUT2D eigenvalue weighted by Gasteiger charge is 2.18. The Labute approximate surface area is 170 Å². The van der Waals surface area contributed by atoms with Gasteiger partial charge in [0.15, 0.2) is 5.16 Å². The maximum Gasteiger partial charge on any atom is 0.292 e. The summed E-state index contributed by atoms with van der Waals surface area (Å²) in [5.41, 5.74) is 1.73. The predicted molar refractivity (Wildman–Crippen MR) is 108 cm³/mol. The summed E-state index contributed by atoms with van der Waals surface area (Å²) in [6.45, 7) is 3.73. The van der Waals surface area contributed by atoms with Gasteiger partial charge in [0.25, 0.3) is 5.69 Å². The fraction of sp³-hybridized carbons (Fsp3) is 0.167. The molecule has 0 atom stereocenters. The molecule has 3 rings (SSSR count). The van der Waals surface area contributed by atoms with Gasteiger partial charge >= 0.3 is 0 Å². The molecule has 0 unspecified atom stereocenters. The Balaban J connectivity index is 1.76. The number of rotatable bonds is 6. The number of carbonyl (C=O) groups excluding carboxylic acids is 1. The number of nitrogens with zero attached hydrogens (tertiary/aromatic N) is 4. The Morgan fingerprint density at radius 3 is 2.71 bits per heavy atom. The zero-order chi connectivity index (χ0) is 20.3. The molecule has 0 aliphatic heterocycles. The monoisotopic (exact) mass is 417 g/mol. The van der Waals surface area contributed by atoms with Crippen LogP contribution in [0.1, 0.15) is 11.4 Å². The van der Waals surface area contributed by atoms with E-state index in [4.69, 9.17) is 11.6 Å². The van der Waals surface area contributed by atoms with Gasteiger partial charge < -0.3 is 5.32 Å². The number of halogens is 1. The van der Waals surface area contributed by atoms with Gasteiger partial charge in [0.1, 0.15) is 11.5 Å². The molecule has 0 aliphatic carbocycles. The lowest BCUT2D eigenvalue weighted by molar-refractivity contribution is -0.383. The number of nitro benzene ring substituents is 1. The molecule has 1 aromatic heterocycles. The number of amides is 1. The van der Waals surface area contributed by atoms with E-state index in [2.05, 4.69) is 15.5 Å². The Morgan fingerprint density at radius 2 is 2.00 bits per heavy atom. The zero-order valence-corrected chi connectivity index (χ0v) is 16.6. The van der Waals surface area contributed by atoms with Crippen LogP contribution in [0.4, 0.5) is 11.4 Å². The summed E-state index contributed by atoms with van der Waals surface area (Å²) in [6.07, 6.45) is 0. The van der Waals surface area contributed by atoms with Crippen LogP contribution in [0.2, 0.25) is 5.02 Å². The Hall–Kier alpha value is -2.91. The van der Waals surface area contributed by atoms with E-state index in [0.29, 0.717) is 16.0 Å². The Bertz CT molecular complexity index is 1050. The first-order valence-corrected chi connectivity index (χ1v) is 9.58. The van der Waals surface area contributed by atoms with E-state index in [-0.39, 0.29) is 23.0 Å². The lowest BCUT2D eigenvalue weighted by Crippen LogP contribution is -2.15. The van der Waals surface area contributed by atoms with Gasteiger partial charge in [-0.15, -0.1) is 10.2 Å². The van der Waals surface area contributed by atoms with Crippen LogP contribution in [0.25, 0.3) is 5.69 Å². The molecule has 10 heteroatoms. The van der Waals surface area contributed by atoms with Gasteiger partial charge in [0, 0.05) is 6.07 Å². The summed E-state index contributed by atoms with van der Waals surface area (Å²) >= 11 is 7.52. The maximum absolute atomic E-state index is 12.3. The summed E-state index contributed by atoms with van der Waals surface area (Å²) in [6, 6.07) is 11.6. The maximum atomic E-state index is 12.3. The molecule has 0 spiro atoms. The second-order valence-corrected chi connectivity index (χ2v) is 7.28. The third-order valence-corrected chi connectivity index (χ3v) is 5.08. The molecule has 0 aliphatic rings. The van der Waals surface area contributed by atoms with E-state index in [1.54, 1.807) is 23.6 Å². The summed E-state index contributed by atoms with van der Waals surface area (Å²) in [5, 5.41) is 22.8. The first-order valence-electron chi connectivity index (χ1n) is 8.21. The molecule has 8 nitrogen and oxygen atoms in total. The highest BCUT2D eigenvalue weighted by molar-refractivity contribution is 7.99. The molecule has 1 heterocycles. The number of para-hydroxylation sites is 2. The lowest BCUT2D eigenvalue weighted by Gasteiger charge is -2.11. The summed E-state index contributed by atoms with van der Waals surface area (Å²) in [4.78, 5) is 22.8.